The maximum atomic E-state index is 14.1. The summed E-state index contributed by atoms with van der Waals surface area (Å²) in [6, 6.07) is 20.8. The lowest BCUT2D eigenvalue weighted by Gasteiger charge is -2.42. The number of carbonyl (C=O) groups excluding carboxylic acids is 1. The number of rotatable bonds is 13. The lowest BCUT2D eigenvalue weighted by Crippen LogP contribution is -2.54. The first-order valence-electron chi connectivity index (χ1n) is 22.9. The summed E-state index contributed by atoms with van der Waals surface area (Å²) in [5.74, 6) is -0.495. The highest BCUT2D eigenvalue weighted by atomic mass is 35.5. The average Bonchev–Trinajstić information content (AvgIpc) is 3.80. The van der Waals surface area contributed by atoms with E-state index >= 15 is 0 Å². The zero-order valence-corrected chi connectivity index (χ0v) is 39.6. The van der Waals surface area contributed by atoms with Crippen molar-refractivity contribution in [1.29, 1.82) is 0 Å². The quantitative estimate of drug-likeness (QED) is 0.0849. The monoisotopic (exact) mass is 949 g/mol. The Kier molecular flexibility index (Phi) is 13.6. The summed E-state index contributed by atoms with van der Waals surface area (Å²) in [5.41, 5.74) is 6.56. The molecule has 1 aliphatic carbocycles. The van der Waals surface area contributed by atoms with E-state index in [4.69, 9.17) is 25.8 Å². The van der Waals surface area contributed by atoms with E-state index in [1.807, 2.05) is 18.2 Å². The number of halogens is 1. The SMILES string of the molecule is CN(c1ccc(S(=O)(=O)NC(=O)c2ccc(C3=CCN(CC4=C(c5ccc(Cl)cc5)CC(C)(C)CC4)CC3)cc2Oc2cnc3[nH]ccc3c2)cc1[N+](=O)[O-])C1CN(C2CCOCC2)CCO1. The number of ether oxygens (including phenoxy) is 3. The van der Waals surface area contributed by atoms with E-state index in [1.165, 1.54) is 35.0 Å². The Labute approximate surface area is 395 Å². The lowest BCUT2D eigenvalue weighted by molar-refractivity contribution is -0.384. The van der Waals surface area contributed by atoms with Crippen molar-refractivity contribution in [3.05, 3.63) is 129 Å². The van der Waals surface area contributed by atoms with Crippen molar-refractivity contribution in [2.24, 2.45) is 5.41 Å². The number of nitro groups is 1. The topological polar surface area (TPSA) is 172 Å². The Balaban J connectivity index is 0.946. The van der Waals surface area contributed by atoms with Gasteiger partial charge < -0.3 is 24.1 Å². The number of carbonyl (C=O) groups is 1. The number of morpholine rings is 1. The smallest absolute Gasteiger partial charge is 0.293 e. The van der Waals surface area contributed by atoms with E-state index in [1.54, 1.807) is 42.4 Å². The molecule has 0 bridgehead atoms. The van der Waals surface area contributed by atoms with Gasteiger partial charge in [0.25, 0.3) is 21.6 Å². The van der Waals surface area contributed by atoms with Crippen LogP contribution in [-0.4, -0.2) is 111 Å². The second kappa shape index (κ2) is 19.5. The van der Waals surface area contributed by atoms with Crippen molar-refractivity contribution in [3.63, 3.8) is 0 Å². The summed E-state index contributed by atoms with van der Waals surface area (Å²) in [7, 11) is -2.92. The minimum Gasteiger partial charge on any atom is -0.455 e. The van der Waals surface area contributed by atoms with Crippen LogP contribution in [0.2, 0.25) is 5.02 Å². The summed E-state index contributed by atoms with van der Waals surface area (Å²) in [5, 5.41) is 14.0. The number of allylic oxidation sites excluding steroid dienone is 1. The molecular formula is C50H56ClN7O8S. The number of H-pyrrole nitrogens is 1. The molecule has 5 heterocycles. The van der Waals surface area contributed by atoms with Gasteiger partial charge in [0.15, 0.2) is 0 Å². The number of hydrogen-bond acceptors (Lipinski definition) is 12. The maximum Gasteiger partial charge on any atom is 0.293 e. The Morgan fingerprint density at radius 3 is 2.58 bits per heavy atom. The molecule has 2 aromatic heterocycles. The van der Waals surface area contributed by atoms with Gasteiger partial charge >= 0.3 is 0 Å². The summed E-state index contributed by atoms with van der Waals surface area (Å²) in [4.78, 5) is 39.4. The number of pyridine rings is 1. The van der Waals surface area contributed by atoms with Crippen LogP contribution < -0.4 is 14.4 Å². The van der Waals surface area contributed by atoms with Crippen molar-refractivity contribution in [2.75, 3.05) is 64.5 Å². The predicted molar refractivity (Wildman–Crippen MR) is 259 cm³/mol. The van der Waals surface area contributed by atoms with Gasteiger partial charge in [0.2, 0.25) is 0 Å². The highest BCUT2D eigenvalue weighted by Crippen LogP contribution is 2.44. The highest BCUT2D eigenvalue weighted by molar-refractivity contribution is 7.90. The molecule has 2 fully saturated rings. The second-order valence-corrected chi connectivity index (χ2v) is 20.8. The van der Waals surface area contributed by atoms with Crippen molar-refractivity contribution >= 4 is 61.1 Å². The van der Waals surface area contributed by atoms with Crippen LogP contribution in [0.5, 0.6) is 11.5 Å². The largest absolute Gasteiger partial charge is 0.455 e. The number of benzene rings is 3. The fourth-order valence-electron chi connectivity index (χ4n) is 9.72. The third-order valence-electron chi connectivity index (χ3n) is 13.6. The van der Waals surface area contributed by atoms with Gasteiger partial charge in [0.05, 0.1) is 28.2 Å². The van der Waals surface area contributed by atoms with Gasteiger partial charge in [0.1, 0.15) is 29.1 Å². The summed E-state index contributed by atoms with van der Waals surface area (Å²) >= 11 is 6.25. The van der Waals surface area contributed by atoms with Gasteiger partial charge in [-0.3, -0.25) is 24.7 Å². The Hall–Kier alpha value is -5.62. The first-order valence-corrected chi connectivity index (χ1v) is 24.7. The van der Waals surface area contributed by atoms with Crippen LogP contribution in [0.15, 0.2) is 102 Å². The van der Waals surface area contributed by atoms with Gasteiger partial charge in [-0.25, -0.2) is 18.1 Å². The molecule has 1 atom stereocenters. The standard InChI is InChI=1S/C50H56ClN7O8S/c1-50(2)18-12-37(43(29-50)34-4-7-38(51)8-5-34)31-56-20-14-33(15-21-56)35-6-10-42(46(27-35)66-40-26-36-13-19-52-48(36)53-30-40)49(59)54-67(62,63)41-9-11-44(45(28-41)58(60)61)55(3)47-32-57(22-25-65-47)39-16-23-64-24-17-39/h4-11,13-14,19,26-28,30,39,47H,12,15-18,20-25,29,31-32H2,1-3H3,(H,52,53)(H,54,59). The minimum absolute atomic E-state index is 0.0456. The van der Waals surface area contributed by atoms with E-state index in [9.17, 15) is 23.3 Å². The van der Waals surface area contributed by atoms with Crippen molar-refractivity contribution in [3.8, 4) is 11.5 Å². The molecule has 2 saturated heterocycles. The molecule has 0 radical (unpaired) electrons. The Morgan fingerprint density at radius 1 is 1.03 bits per heavy atom. The van der Waals surface area contributed by atoms with Gasteiger partial charge in [-0.15, -0.1) is 0 Å². The number of nitrogens with one attached hydrogen (secondary N) is 2. The molecule has 1 unspecified atom stereocenters. The normalized spacial score (nSPS) is 19.8. The van der Waals surface area contributed by atoms with E-state index in [0.29, 0.717) is 43.8 Å². The third kappa shape index (κ3) is 10.6. The van der Waals surface area contributed by atoms with Crippen LogP contribution in [0.1, 0.15) is 73.9 Å². The first kappa shape index (κ1) is 46.5. The van der Waals surface area contributed by atoms with E-state index < -0.39 is 37.7 Å². The number of anilines is 1. The van der Waals surface area contributed by atoms with Crippen LogP contribution in [-0.2, 0) is 19.5 Å². The van der Waals surface area contributed by atoms with Gasteiger partial charge in [-0.05, 0) is 115 Å². The number of likely N-dealkylation sites (N-methyl/N-ethyl adjacent to an activating group) is 1. The van der Waals surface area contributed by atoms with Crippen LogP contribution >= 0.6 is 11.6 Å². The van der Waals surface area contributed by atoms with Crippen LogP contribution in [0.4, 0.5) is 11.4 Å². The third-order valence-corrected chi connectivity index (χ3v) is 15.1. The molecule has 3 aliphatic heterocycles. The Morgan fingerprint density at radius 2 is 1.82 bits per heavy atom. The number of hydrogen-bond donors (Lipinski definition) is 2. The van der Waals surface area contributed by atoms with Gasteiger partial charge in [-0.2, -0.15) is 0 Å². The second-order valence-electron chi connectivity index (χ2n) is 18.7. The molecular weight excluding hydrogens is 894 g/mol. The van der Waals surface area contributed by atoms with Crippen LogP contribution in [0.25, 0.3) is 22.2 Å². The molecule has 1 amide bonds. The van der Waals surface area contributed by atoms with Gasteiger partial charge in [0, 0.05) is 81.7 Å². The number of aromatic nitrogens is 2. The average molecular weight is 951 g/mol. The number of amides is 1. The molecule has 352 valence electrons. The summed E-state index contributed by atoms with van der Waals surface area (Å²) < 4.78 is 47.9. The zero-order chi connectivity index (χ0) is 46.9. The Bertz CT molecular complexity index is 2840. The van der Waals surface area contributed by atoms with Gasteiger partial charge in [-0.1, -0.05) is 55.3 Å². The lowest BCUT2D eigenvalue weighted by atomic mass is 9.72. The minimum atomic E-state index is -4.62. The van der Waals surface area contributed by atoms with E-state index in [2.05, 4.69) is 56.5 Å². The molecule has 0 saturated carbocycles. The fraction of sp³-hybridized carbons (Fsp3) is 0.400. The summed E-state index contributed by atoms with van der Waals surface area (Å²) in [6.07, 6.45) is 10.7. The van der Waals surface area contributed by atoms with Crippen LogP contribution in [0.3, 0.4) is 0 Å². The molecule has 5 aromatic rings. The molecule has 9 rings (SSSR count). The van der Waals surface area contributed by atoms with Crippen molar-refractivity contribution < 1.29 is 32.3 Å². The number of nitro benzene ring substituents is 1. The number of aromatic amines is 1. The molecule has 17 heteroatoms. The fourth-order valence-corrected chi connectivity index (χ4v) is 10.8. The number of nitrogens with zero attached hydrogens (tertiary/aromatic N) is 5. The molecule has 15 nitrogen and oxygen atoms in total. The molecule has 0 spiro atoms. The van der Waals surface area contributed by atoms with Crippen molar-refractivity contribution in [1.82, 2.24) is 24.5 Å². The first-order chi connectivity index (χ1) is 32.2. The zero-order valence-electron chi connectivity index (χ0n) is 38.0. The molecule has 3 aromatic carbocycles. The maximum absolute atomic E-state index is 14.1. The van der Waals surface area contributed by atoms with E-state index in [-0.39, 0.29) is 22.4 Å². The van der Waals surface area contributed by atoms with Crippen molar-refractivity contribution in [2.45, 2.75) is 69.5 Å². The number of fused-ring (bicyclic) bond motifs is 1. The molecule has 67 heavy (non-hydrogen) atoms. The summed E-state index contributed by atoms with van der Waals surface area (Å²) in [6.45, 7) is 10.2. The van der Waals surface area contributed by atoms with E-state index in [0.717, 1.165) is 92.3 Å². The molecule has 2 N–H and O–H groups in total. The molecule has 4 aliphatic rings. The predicted octanol–water partition coefficient (Wildman–Crippen LogP) is 9.06. The highest BCUT2D eigenvalue weighted by Gasteiger charge is 2.34. The number of sulfonamides is 1. The van der Waals surface area contributed by atoms with Crippen LogP contribution in [0, 0.1) is 15.5 Å².